The summed E-state index contributed by atoms with van der Waals surface area (Å²) >= 11 is 0. The van der Waals surface area contributed by atoms with Gasteiger partial charge < -0.3 is 10.0 Å². The summed E-state index contributed by atoms with van der Waals surface area (Å²) in [5, 5.41) is 13.5. The normalized spacial score (nSPS) is 20.2. The summed E-state index contributed by atoms with van der Waals surface area (Å²) in [6.45, 7) is 0.472. The van der Waals surface area contributed by atoms with E-state index < -0.39 is 11.9 Å². The van der Waals surface area contributed by atoms with Crippen LogP contribution in [0.4, 0.5) is 0 Å². The second kappa shape index (κ2) is 7.51. The third-order valence-corrected chi connectivity index (χ3v) is 4.83. The van der Waals surface area contributed by atoms with Crippen molar-refractivity contribution in [1.29, 1.82) is 0 Å². The molecule has 25 heavy (non-hydrogen) atoms. The van der Waals surface area contributed by atoms with Crippen molar-refractivity contribution < 1.29 is 14.7 Å². The van der Waals surface area contributed by atoms with Gasteiger partial charge in [-0.15, -0.1) is 0 Å². The lowest BCUT2D eigenvalue weighted by molar-refractivity contribution is -0.145. The van der Waals surface area contributed by atoms with E-state index in [-0.39, 0.29) is 11.8 Å². The zero-order chi connectivity index (χ0) is 17.8. The largest absolute Gasteiger partial charge is 0.481 e. The Kier molecular flexibility index (Phi) is 5.16. The minimum absolute atomic E-state index is 0.0263. The molecule has 0 unspecified atom stereocenters. The van der Waals surface area contributed by atoms with E-state index in [0.717, 1.165) is 24.1 Å². The first-order chi connectivity index (χ1) is 12.0. The molecule has 1 N–H and O–H groups in total. The average molecular weight is 341 g/mol. The molecule has 0 aliphatic heterocycles. The standard InChI is InChI=1S/C19H23N3O3/c1-21(18(23)15-6-5-7-16(10-15)19(24)25)12-14-11-20-22(13-14)17-8-3-2-4-9-17/h2-4,8-9,11,13,15-16H,5-7,10,12H2,1H3,(H,24,25)/t15-,16-/m0/s1. The van der Waals surface area contributed by atoms with E-state index in [9.17, 15) is 14.7 Å². The first-order valence-electron chi connectivity index (χ1n) is 8.61. The lowest BCUT2D eigenvalue weighted by atomic mass is 9.81. The molecule has 1 aromatic heterocycles. The van der Waals surface area contributed by atoms with Crippen molar-refractivity contribution in [2.45, 2.75) is 32.2 Å². The van der Waals surface area contributed by atoms with Gasteiger partial charge in [0.05, 0.1) is 17.8 Å². The molecule has 1 saturated carbocycles. The number of nitrogens with zero attached hydrogens (tertiary/aromatic N) is 3. The van der Waals surface area contributed by atoms with Crippen LogP contribution in [0.3, 0.4) is 0 Å². The Morgan fingerprint density at radius 1 is 1.24 bits per heavy atom. The minimum Gasteiger partial charge on any atom is -0.481 e. The van der Waals surface area contributed by atoms with Crippen LogP contribution in [0.15, 0.2) is 42.7 Å². The van der Waals surface area contributed by atoms with E-state index in [0.29, 0.717) is 19.4 Å². The summed E-state index contributed by atoms with van der Waals surface area (Å²) in [7, 11) is 1.77. The van der Waals surface area contributed by atoms with Crippen molar-refractivity contribution in [3.8, 4) is 5.69 Å². The highest BCUT2D eigenvalue weighted by molar-refractivity contribution is 5.80. The fourth-order valence-corrected chi connectivity index (χ4v) is 3.47. The molecular formula is C19H23N3O3. The maximum absolute atomic E-state index is 12.7. The van der Waals surface area contributed by atoms with Crippen molar-refractivity contribution in [1.82, 2.24) is 14.7 Å². The van der Waals surface area contributed by atoms with Crippen LogP contribution in [-0.2, 0) is 16.1 Å². The van der Waals surface area contributed by atoms with Crippen molar-refractivity contribution in [3.05, 3.63) is 48.3 Å². The molecule has 1 fully saturated rings. The molecule has 0 radical (unpaired) electrons. The lowest BCUT2D eigenvalue weighted by Gasteiger charge is -2.29. The van der Waals surface area contributed by atoms with Crippen LogP contribution in [0.1, 0.15) is 31.2 Å². The Balaban J connectivity index is 1.62. The van der Waals surface area contributed by atoms with E-state index in [4.69, 9.17) is 0 Å². The molecule has 0 spiro atoms. The zero-order valence-corrected chi connectivity index (χ0v) is 14.3. The van der Waals surface area contributed by atoms with Gasteiger partial charge in [0.2, 0.25) is 5.91 Å². The number of aliphatic carboxylic acids is 1. The SMILES string of the molecule is CN(Cc1cnn(-c2ccccc2)c1)C(=O)[C@H]1CCC[C@H](C(=O)O)C1. The lowest BCUT2D eigenvalue weighted by Crippen LogP contribution is -2.36. The van der Waals surface area contributed by atoms with E-state index >= 15 is 0 Å². The molecule has 0 bridgehead atoms. The Morgan fingerprint density at radius 3 is 2.68 bits per heavy atom. The maximum atomic E-state index is 12.7. The molecule has 2 aromatic rings. The number of carboxylic acids is 1. The molecule has 3 rings (SSSR count). The molecule has 1 amide bonds. The van der Waals surface area contributed by atoms with Crippen molar-refractivity contribution in [2.24, 2.45) is 11.8 Å². The molecular weight excluding hydrogens is 318 g/mol. The van der Waals surface area contributed by atoms with Crippen LogP contribution in [0.25, 0.3) is 5.69 Å². The zero-order valence-electron chi connectivity index (χ0n) is 14.3. The predicted octanol–water partition coefficient (Wildman–Crippen LogP) is 2.72. The van der Waals surface area contributed by atoms with Gasteiger partial charge in [0.15, 0.2) is 0 Å². The Hall–Kier alpha value is -2.63. The maximum Gasteiger partial charge on any atom is 0.306 e. The van der Waals surface area contributed by atoms with Gasteiger partial charge in [-0.2, -0.15) is 5.10 Å². The van der Waals surface area contributed by atoms with E-state index in [1.54, 1.807) is 22.8 Å². The number of rotatable bonds is 5. The number of carbonyl (C=O) groups excluding carboxylic acids is 1. The second-order valence-electron chi connectivity index (χ2n) is 6.72. The molecule has 1 heterocycles. The fraction of sp³-hybridized carbons (Fsp3) is 0.421. The van der Waals surface area contributed by atoms with E-state index in [2.05, 4.69) is 5.10 Å². The summed E-state index contributed by atoms with van der Waals surface area (Å²) in [5.41, 5.74) is 1.92. The number of amides is 1. The average Bonchev–Trinajstić information content (AvgIpc) is 3.10. The molecule has 1 aromatic carbocycles. The number of carbonyl (C=O) groups is 2. The molecule has 6 heteroatoms. The highest BCUT2D eigenvalue weighted by Gasteiger charge is 2.32. The Bertz CT molecular complexity index is 741. The highest BCUT2D eigenvalue weighted by atomic mass is 16.4. The van der Waals surface area contributed by atoms with Gasteiger partial charge in [0.1, 0.15) is 0 Å². The minimum atomic E-state index is -0.788. The van der Waals surface area contributed by atoms with Crippen LogP contribution in [0.2, 0.25) is 0 Å². The van der Waals surface area contributed by atoms with Crippen molar-refractivity contribution in [3.63, 3.8) is 0 Å². The molecule has 6 nitrogen and oxygen atoms in total. The summed E-state index contributed by atoms with van der Waals surface area (Å²) in [6.07, 6.45) is 6.37. The van der Waals surface area contributed by atoms with Gasteiger partial charge in [0.25, 0.3) is 0 Å². The Labute approximate surface area is 147 Å². The third-order valence-electron chi connectivity index (χ3n) is 4.83. The van der Waals surface area contributed by atoms with Crippen LogP contribution in [-0.4, -0.2) is 38.7 Å². The first-order valence-corrected chi connectivity index (χ1v) is 8.61. The first kappa shape index (κ1) is 17.2. The number of hydrogen-bond acceptors (Lipinski definition) is 3. The highest BCUT2D eigenvalue weighted by Crippen LogP contribution is 2.30. The number of carboxylic acid groups (broad SMARTS) is 1. The monoisotopic (exact) mass is 341 g/mol. The summed E-state index contributed by atoms with van der Waals surface area (Å²) in [5.74, 6) is -1.34. The van der Waals surface area contributed by atoms with Gasteiger partial charge in [-0.1, -0.05) is 24.6 Å². The Morgan fingerprint density at radius 2 is 1.96 bits per heavy atom. The second-order valence-corrected chi connectivity index (χ2v) is 6.72. The van der Waals surface area contributed by atoms with Gasteiger partial charge in [0, 0.05) is 31.3 Å². The number of para-hydroxylation sites is 1. The summed E-state index contributed by atoms with van der Waals surface area (Å²) < 4.78 is 1.79. The van der Waals surface area contributed by atoms with E-state index in [1.165, 1.54) is 0 Å². The summed E-state index contributed by atoms with van der Waals surface area (Å²) in [4.78, 5) is 25.5. The van der Waals surface area contributed by atoms with Crippen LogP contribution >= 0.6 is 0 Å². The number of benzene rings is 1. The van der Waals surface area contributed by atoms with Crippen LogP contribution in [0.5, 0.6) is 0 Å². The predicted molar refractivity (Wildman–Crippen MR) is 93.1 cm³/mol. The van der Waals surface area contributed by atoms with Gasteiger partial charge in [-0.05, 0) is 31.4 Å². The van der Waals surface area contributed by atoms with E-state index in [1.807, 2.05) is 36.5 Å². The van der Waals surface area contributed by atoms with Crippen molar-refractivity contribution >= 4 is 11.9 Å². The van der Waals surface area contributed by atoms with Crippen LogP contribution < -0.4 is 0 Å². The van der Waals surface area contributed by atoms with Crippen molar-refractivity contribution in [2.75, 3.05) is 7.05 Å². The smallest absolute Gasteiger partial charge is 0.306 e. The molecule has 1 aliphatic rings. The van der Waals surface area contributed by atoms with Gasteiger partial charge in [-0.25, -0.2) is 4.68 Å². The quantitative estimate of drug-likeness (QED) is 0.907. The number of aromatic nitrogens is 2. The third kappa shape index (κ3) is 4.07. The van der Waals surface area contributed by atoms with Gasteiger partial charge in [-0.3, -0.25) is 9.59 Å². The molecule has 1 aliphatic carbocycles. The molecule has 0 saturated heterocycles. The fourth-order valence-electron chi connectivity index (χ4n) is 3.47. The molecule has 132 valence electrons. The number of hydrogen-bond donors (Lipinski definition) is 1. The molecule has 2 atom stereocenters. The summed E-state index contributed by atoms with van der Waals surface area (Å²) in [6, 6.07) is 9.80. The topological polar surface area (TPSA) is 75.4 Å². The van der Waals surface area contributed by atoms with Crippen LogP contribution in [0, 0.1) is 11.8 Å². The van der Waals surface area contributed by atoms with Gasteiger partial charge >= 0.3 is 5.97 Å².